The molecule has 0 spiro atoms. The summed E-state index contributed by atoms with van der Waals surface area (Å²) >= 11 is 0. The molecule has 0 radical (unpaired) electrons. The molecule has 2 aromatic carbocycles. The molecule has 2 N–H and O–H groups in total. The molecule has 2 aromatic rings. The summed E-state index contributed by atoms with van der Waals surface area (Å²) in [6.07, 6.45) is 0.699. The Morgan fingerprint density at radius 1 is 0.931 bits per heavy atom. The van der Waals surface area contributed by atoms with Crippen molar-refractivity contribution in [2.75, 3.05) is 19.7 Å². The third-order valence-corrected chi connectivity index (χ3v) is 4.45. The lowest BCUT2D eigenvalue weighted by atomic mass is 10.0. The van der Waals surface area contributed by atoms with E-state index < -0.39 is 5.97 Å². The first-order chi connectivity index (χ1) is 13.8. The van der Waals surface area contributed by atoms with E-state index in [1.807, 2.05) is 19.1 Å². The van der Waals surface area contributed by atoms with Gasteiger partial charge in [-0.1, -0.05) is 55.8 Å². The van der Waals surface area contributed by atoms with Gasteiger partial charge < -0.3 is 15.4 Å². The molecular formula is C23H28N2O4. The van der Waals surface area contributed by atoms with Crippen molar-refractivity contribution in [1.82, 2.24) is 10.6 Å². The van der Waals surface area contributed by atoms with Crippen molar-refractivity contribution in [1.29, 1.82) is 0 Å². The molecule has 0 unspecified atom stereocenters. The number of hydrogen-bond acceptors (Lipinski definition) is 4. The molecular weight excluding hydrogens is 368 g/mol. The highest BCUT2D eigenvalue weighted by Gasteiger charge is 2.10. The van der Waals surface area contributed by atoms with Gasteiger partial charge in [-0.25, -0.2) is 0 Å². The quantitative estimate of drug-likeness (QED) is 0.639. The largest absolute Gasteiger partial charge is 0.454 e. The SMILES string of the molecule is Cc1ccc(C(=O)NCC(=O)OCC(=O)NCCc2ccc(C(C)C)cc2)cc1. The van der Waals surface area contributed by atoms with Gasteiger partial charge in [0, 0.05) is 12.1 Å². The number of carbonyl (C=O) groups is 3. The van der Waals surface area contributed by atoms with Crippen LogP contribution in [0.5, 0.6) is 0 Å². The second kappa shape index (κ2) is 11.0. The fourth-order valence-electron chi connectivity index (χ4n) is 2.62. The van der Waals surface area contributed by atoms with Crippen molar-refractivity contribution >= 4 is 17.8 Å². The van der Waals surface area contributed by atoms with E-state index >= 15 is 0 Å². The average molecular weight is 396 g/mol. The summed E-state index contributed by atoms with van der Waals surface area (Å²) < 4.78 is 4.89. The molecule has 6 nitrogen and oxygen atoms in total. The van der Waals surface area contributed by atoms with Crippen LogP contribution in [0.4, 0.5) is 0 Å². The van der Waals surface area contributed by atoms with Crippen LogP contribution < -0.4 is 10.6 Å². The van der Waals surface area contributed by atoms with Crippen LogP contribution in [0.25, 0.3) is 0 Å². The van der Waals surface area contributed by atoms with Crippen molar-refractivity contribution in [3.05, 3.63) is 70.8 Å². The fraction of sp³-hybridized carbons (Fsp3) is 0.348. The van der Waals surface area contributed by atoms with Crippen LogP contribution in [0.2, 0.25) is 0 Å². The maximum absolute atomic E-state index is 11.9. The zero-order valence-electron chi connectivity index (χ0n) is 17.2. The van der Waals surface area contributed by atoms with Gasteiger partial charge in [-0.15, -0.1) is 0 Å². The summed E-state index contributed by atoms with van der Waals surface area (Å²) in [7, 11) is 0. The number of ether oxygens (including phenoxy) is 1. The highest BCUT2D eigenvalue weighted by molar-refractivity contribution is 5.96. The van der Waals surface area contributed by atoms with Crippen molar-refractivity contribution in [3.63, 3.8) is 0 Å². The molecule has 0 heterocycles. The molecule has 154 valence electrons. The van der Waals surface area contributed by atoms with Crippen LogP contribution >= 0.6 is 0 Å². The Hall–Kier alpha value is -3.15. The summed E-state index contributed by atoms with van der Waals surface area (Å²) in [5, 5.41) is 5.19. The van der Waals surface area contributed by atoms with E-state index in [1.165, 1.54) is 5.56 Å². The smallest absolute Gasteiger partial charge is 0.325 e. The second-order valence-electron chi connectivity index (χ2n) is 7.21. The number of amides is 2. The molecule has 0 aliphatic rings. The fourth-order valence-corrected chi connectivity index (χ4v) is 2.62. The predicted molar refractivity (Wildman–Crippen MR) is 112 cm³/mol. The van der Waals surface area contributed by atoms with Gasteiger partial charge in [-0.3, -0.25) is 14.4 Å². The number of nitrogens with one attached hydrogen (secondary N) is 2. The Morgan fingerprint density at radius 3 is 2.21 bits per heavy atom. The zero-order valence-corrected chi connectivity index (χ0v) is 17.2. The first kappa shape index (κ1) is 22.1. The number of hydrogen-bond donors (Lipinski definition) is 2. The third kappa shape index (κ3) is 7.78. The summed E-state index contributed by atoms with van der Waals surface area (Å²) in [6.45, 7) is 6.01. The lowest BCUT2D eigenvalue weighted by molar-refractivity contribution is -0.147. The van der Waals surface area contributed by atoms with E-state index in [0.29, 0.717) is 24.4 Å². The topological polar surface area (TPSA) is 84.5 Å². The lowest BCUT2D eigenvalue weighted by Gasteiger charge is -2.09. The van der Waals surface area contributed by atoms with Gasteiger partial charge in [0.1, 0.15) is 6.54 Å². The van der Waals surface area contributed by atoms with E-state index in [0.717, 1.165) is 11.1 Å². The van der Waals surface area contributed by atoms with Crippen LogP contribution in [0.15, 0.2) is 48.5 Å². The summed E-state index contributed by atoms with van der Waals surface area (Å²) in [5.41, 5.74) is 3.91. The Morgan fingerprint density at radius 2 is 1.59 bits per heavy atom. The zero-order chi connectivity index (χ0) is 21.2. The van der Waals surface area contributed by atoms with Gasteiger partial charge in [0.05, 0.1) is 0 Å². The maximum Gasteiger partial charge on any atom is 0.325 e. The van der Waals surface area contributed by atoms with E-state index in [-0.39, 0.29) is 25.0 Å². The van der Waals surface area contributed by atoms with E-state index in [2.05, 4.69) is 48.7 Å². The monoisotopic (exact) mass is 396 g/mol. The Kier molecular flexibility index (Phi) is 8.40. The number of aryl methyl sites for hydroxylation is 1. The maximum atomic E-state index is 11.9. The number of benzene rings is 2. The van der Waals surface area contributed by atoms with Gasteiger partial charge >= 0.3 is 5.97 Å². The predicted octanol–water partition coefficient (Wildman–Crippen LogP) is 2.75. The minimum absolute atomic E-state index is 0.289. The average Bonchev–Trinajstić information content (AvgIpc) is 2.71. The van der Waals surface area contributed by atoms with Crippen LogP contribution in [0.1, 0.15) is 46.8 Å². The normalized spacial score (nSPS) is 10.5. The Balaban J connectivity index is 1.62. The second-order valence-corrected chi connectivity index (χ2v) is 7.21. The van der Waals surface area contributed by atoms with E-state index in [4.69, 9.17) is 4.74 Å². The molecule has 0 fully saturated rings. The minimum Gasteiger partial charge on any atom is -0.454 e. The van der Waals surface area contributed by atoms with Crippen LogP contribution in [0, 0.1) is 6.92 Å². The summed E-state index contributed by atoms with van der Waals surface area (Å²) in [6, 6.07) is 15.3. The van der Waals surface area contributed by atoms with Gasteiger partial charge in [0.15, 0.2) is 6.61 Å². The molecule has 0 saturated heterocycles. The van der Waals surface area contributed by atoms with Crippen molar-refractivity contribution in [2.45, 2.75) is 33.1 Å². The minimum atomic E-state index is -0.662. The first-order valence-electron chi connectivity index (χ1n) is 9.71. The van der Waals surface area contributed by atoms with Crippen molar-refractivity contribution in [3.8, 4) is 0 Å². The van der Waals surface area contributed by atoms with Gasteiger partial charge in [-0.2, -0.15) is 0 Å². The summed E-state index contributed by atoms with van der Waals surface area (Å²) in [4.78, 5) is 35.4. The summed E-state index contributed by atoms with van der Waals surface area (Å²) in [5.74, 6) is -0.915. The van der Waals surface area contributed by atoms with Crippen molar-refractivity contribution < 1.29 is 19.1 Å². The molecule has 0 bridgehead atoms. The van der Waals surface area contributed by atoms with Crippen LogP contribution in [-0.4, -0.2) is 37.5 Å². The molecule has 0 atom stereocenters. The van der Waals surface area contributed by atoms with Crippen molar-refractivity contribution in [2.24, 2.45) is 0 Å². The Labute approximate surface area is 171 Å². The molecule has 0 aliphatic carbocycles. The van der Waals surface area contributed by atoms with Gasteiger partial charge in [0.2, 0.25) is 0 Å². The van der Waals surface area contributed by atoms with Gasteiger partial charge in [0.25, 0.3) is 11.8 Å². The van der Waals surface area contributed by atoms with E-state index in [9.17, 15) is 14.4 Å². The number of carbonyl (C=O) groups excluding carboxylic acids is 3. The Bertz CT molecular complexity index is 827. The molecule has 29 heavy (non-hydrogen) atoms. The number of rotatable bonds is 9. The molecule has 0 aliphatic heterocycles. The highest BCUT2D eigenvalue weighted by atomic mass is 16.5. The highest BCUT2D eigenvalue weighted by Crippen LogP contribution is 2.14. The van der Waals surface area contributed by atoms with Crippen LogP contribution in [0.3, 0.4) is 0 Å². The van der Waals surface area contributed by atoms with Crippen LogP contribution in [-0.2, 0) is 20.7 Å². The number of esters is 1. The standard InChI is InChI=1S/C23H28N2O4/c1-16(2)19-10-6-18(7-11-19)12-13-24-21(26)15-29-22(27)14-25-23(28)20-8-4-17(3)5-9-20/h4-11,16H,12-15H2,1-3H3,(H,24,26)(H,25,28). The molecule has 2 rings (SSSR count). The molecule has 2 amide bonds. The van der Waals surface area contributed by atoms with Gasteiger partial charge in [-0.05, 0) is 42.5 Å². The van der Waals surface area contributed by atoms with E-state index in [1.54, 1.807) is 12.1 Å². The lowest BCUT2D eigenvalue weighted by Crippen LogP contribution is -2.34. The third-order valence-electron chi connectivity index (χ3n) is 4.45. The molecule has 0 saturated carbocycles. The molecule has 6 heteroatoms. The molecule has 0 aromatic heterocycles. The first-order valence-corrected chi connectivity index (χ1v) is 9.71.